The molecule has 4 nitrogen and oxygen atoms in total. The molecule has 0 atom stereocenters. The summed E-state index contributed by atoms with van der Waals surface area (Å²) in [6, 6.07) is 0. The summed E-state index contributed by atoms with van der Waals surface area (Å²) in [5.74, 6) is -0.184. The van der Waals surface area contributed by atoms with E-state index in [0.29, 0.717) is 19.6 Å². The zero-order chi connectivity index (χ0) is 10.6. The van der Waals surface area contributed by atoms with E-state index in [1.165, 1.54) is 0 Å². The first kappa shape index (κ1) is 11.2. The largest absolute Gasteiger partial charge is 0.466 e. The van der Waals surface area contributed by atoms with Crippen LogP contribution in [0.4, 0.5) is 0 Å². The van der Waals surface area contributed by atoms with Crippen molar-refractivity contribution in [3.63, 3.8) is 0 Å². The van der Waals surface area contributed by atoms with Gasteiger partial charge in [0.15, 0.2) is 0 Å². The number of hydrogen-bond acceptors (Lipinski definition) is 3. The fraction of sp³-hybridized carbons (Fsp3) is 0.556. The molecule has 0 aliphatic heterocycles. The Hall–Kier alpha value is -0.840. The third kappa shape index (κ3) is 3.14. The van der Waals surface area contributed by atoms with Gasteiger partial charge in [0.05, 0.1) is 29.7 Å². The molecule has 0 saturated carbocycles. The molecular formula is C9H13BrN2O2. The minimum absolute atomic E-state index is 0.184. The molecule has 0 unspecified atom stereocenters. The van der Waals surface area contributed by atoms with E-state index in [4.69, 9.17) is 4.74 Å². The molecule has 0 N–H and O–H groups in total. The molecule has 0 fully saturated rings. The minimum atomic E-state index is -0.184. The highest BCUT2D eigenvalue weighted by Crippen LogP contribution is 2.13. The average Bonchev–Trinajstić information content (AvgIpc) is 2.44. The van der Waals surface area contributed by atoms with Crippen molar-refractivity contribution < 1.29 is 9.53 Å². The second-order valence-electron chi connectivity index (χ2n) is 2.88. The molecule has 0 radical (unpaired) electrons. The molecule has 0 aromatic carbocycles. The van der Waals surface area contributed by atoms with Crippen molar-refractivity contribution in [3.05, 3.63) is 16.4 Å². The van der Waals surface area contributed by atoms with Crippen LogP contribution in [-0.4, -0.2) is 22.4 Å². The molecule has 1 aromatic heterocycles. The molecule has 0 aliphatic rings. The number of aryl methyl sites for hydroxylation is 2. The molecular weight excluding hydrogens is 248 g/mol. The Morgan fingerprint density at radius 2 is 2.43 bits per heavy atom. The van der Waals surface area contributed by atoms with Crippen molar-refractivity contribution in [2.24, 2.45) is 0 Å². The summed E-state index contributed by atoms with van der Waals surface area (Å²) in [6.45, 7) is 4.70. The SMILES string of the molecule is CCOC(=O)CCn1cc(Br)c(C)n1. The molecule has 1 rings (SSSR count). The quantitative estimate of drug-likeness (QED) is 0.777. The highest BCUT2D eigenvalue weighted by molar-refractivity contribution is 9.10. The van der Waals surface area contributed by atoms with E-state index in [9.17, 15) is 4.79 Å². The Morgan fingerprint density at radius 1 is 1.71 bits per heavy atom. The molecule has 1 aromatic rings. The number of esters is 1. The highest BCUT2D eigenvalue weighted by Gasteiger charge is 2.04. The van der Waals surface area contributed by atoms with Gasteiger partial charge in [0.2, 0.25) is 0 Å². The van der Waals surface area contributed by atoms with Crippen molar-refractivity contribution in [1.29, 1.82) is 0 Å². The van der Waals surface area contributed by atoms with Crippen molar-refractivity contribution in [2.45, 2.75) is 26.8 Å². The minimum Gasteiger partial charge on any atom is -0.466 e. The maximum Gasteiger partial charge on any atom is 0.307 e. The van der Waals surface area contributed by atoms with Gasteiger partial charge in [-0.05, 0) is 29.8 Å². The lowest BCUT2D eigenvalue weighted by Crippen LogP contribution is -2.09. The van der Waals surface area contributed by atoms with Crippen molar-refractivity contribution in [1.82, 2.24) is 9.78 Å². The maximum atomic E-state index is 11.0. The smallest absolute Gasteiger partial charge is 0.307 e. The number of aromatic nitrogens is 2. The molecule has 5 heteroatoms. The Labute approximate surface area is 91.4 Å². The monoisotopic (exact) mass is 260 g/mol. The van der Waals surface area contributed by atoms with Crippen LogP contribution < -0.4 is 0 Å². The van der Waals surface area contributed by atoms with Gasteiger partial charge < -0.3 is 4.74 Å². The van der Waals surface area contributed by atoms with E-state index in [0.717, 1.165) is 10.2 Å². The fourth-order valence-electron chi connectivity index (χ4n) is 1.05. The lowest BCUT2D eigenvalue weighted by molar-refractivity contribution is -0.143. The van der Waals surface area contributed by atoms with Gasteiger partial charge in [-0.15, -0.1) is 0 Å². The van der Waals surface area contributed by atoms with Gasteiger partial charge in [-0.1, -0.05) is 0 Å². The molecule has 1 heterocycles. The molecule has 78 valence electrons. The van der Waals surface area contributed by atoms with Gasteiger partial charge in [0, 0.05) is 6.20 Å². The summed E-state index contributed by atoms with van der Waals surface area (Å²) in [6.07, 6.45) is 2.22. The number of halogens is 1. The van der Waals surface area contributed by atoms with E-state index >= 15 is 0 Å². The van der Waals surface area contributed by atoms with Crippen LogP contribution in [0.1, 0.15) is 19.0 Å². The first-order chi connectivity index (χ1) is 6.63. The maximum absolute atomic E-state index is 11.0. The Kier molecular flexibility index (Phi) is 4.13. The topological polar surface area (TPSA) is 44.1 Å². The van der Waals surface area contributed by atoms with Crippen LogP contribution >= 0.6 is 15.9 Å². The summed E-state index contributed by atoms with van der Waals surface area (Å²) < 4.78 is 7.50. The molecule has 14 heavy (non-hydrogen) atoms. The van der Waals surface area contributed by atoms with Crippen molar-refractivity contribution >= 4 is 21.9 Å². The van der Waals surface area contributed by atoms with E-state index in [2.05, 4.69) is 21.0 Å². The normalized spacial score (nSPS) is 10.2. The first-order valence-electron chi connectivity index (χ1n) is 4.48. The van der Waals surface area contributed by atoms with Crippen molar-refractivity contribution in [2.75, 3.05) is 6.61 Å². The van der Waals surface area contributed by atoms with Gasteiger partial charge in [-0.25, -0.2) is 0 Å². The highest BCUT2D eigenvalue weighted by atomic mass is 79.9. The first-order valence-corrected chi connectivity index (χ1v) is 5.28. The summed E-state index contributed by atoms with van der Waals surface area (Å²) in [5.41, 5.74) is 0.925. The van der Waals surface area contributed by atoms with Gasteiger partial charge in [0.25, 0.3) is 0 Å². The number of carbonyl (C=O) groups is 1. The van der Waals surface area contributed by atoms with Gasteiger partial charge in [-0.2, -0.15) is 5.10 Å². The second kappa shape index (κ2) is 5.14. The summed E-state index contributed by atoms with van der Waals surface area (Å²) in [7, 11) is 0. The van der Waals surface area contributed by atoms with Crippen LogP contribution in [0.2, 0.25) is 0 Å². The zero-order valence-corrected chi connectivity index (χ0v) is 9.87. The summed E-state index contributed by atoms with van der Waals surface area (Å²) >= 11 is 3.35. The average molecular weight is 261 g/mol. The summed E-state index contributed by atoms with van der Waals surface area (Å²) in [5, 5.41) is 4.20. The van der Waals surface area contributed by atoms with Gasteiger partial charge >= 0.3 is 5.97 Å². The standard InChI is InChI=1S/C9H13BrN2O2/c1-3-14-9(13)4-5-12-6-8(10)7(2)11-12/h6H,3-5H2,1-2H3. The van der Waals surface area contributed by atoms with Gasteiger partial charge in [-0.3, -0.25) is 9.48 Å². The van der Waals surface area contributed by atoms with Crippen molar-refractivity contribution in [3.8, 4) is 0 Å². The Bertz CT molecular complexity index is 303. The number of ether oxygens (including phenoxy) is 1. The van der Waals surface area contributed by atoms with E-state index in [1.54, 1.807) is 11.6 Å². The predicted octanol–water partition coefficient (Wildman–Crippen LogP) is 1.91. The fourth-order valence-corrected chi connectivity index (χ4v) is 1.36. The van der Waals surface area contributed by atoms with E-state index in [1.807, 2.05) is 13.1 Å². The van der Waals surface area contributed by atoms with E-state index < -0.39 is 0 Å². The van der Waals surface area contributed by atoms with Crippen LogP contribution in [0.3, 0.4) is 0 Å². The Morgan fingerprint density at radius 3 is 2.93 bits per heavy atom. The summed E-state index contributed by atoms with van der Waals surface area (Å²) in [4.78, 5) is 11.0. The third-order valence-corrected chi connectivity index (χ3v) is 2.52. The number of carbonyl (C=O) groups excluding carboxylic acids is 1. The van der Waals surface area contributed by atoms with Crippen LogP contribution in [0.25, 0.3) is 0 Å². The predicted molar refractivity (Wildman–Crippen MR) is 55.9 cm³/mol. The van der Waals surface area contributed by atoms with E-state index in [-0.39, 0.29) is 5.97 Å². The van der Waals surface area contributed by atoms with Crippen LogP contribution in [0, 0.1) is 6.92 Å². The number of nitrogens with zero attached hydrogens (tertiary/aromatic N) is 2. The molecule has 0 bridgehead atoms. The number of rotatable bonds is 4. The molecule has 0 amide bonds. The van der Waals surface area contributed by atoms with Crippen LogP contribution in [0.15, 0.2) is 10.7 Å². The van der Waals surface area contributed by atoms with Crippen LogP contribution in [0.5, 0.6) is 0 Å². The molecule has 0 saturated heterocycles. The third-order valence-electron chi connectivity index (χ3n) is 1.74. The molecule has 0 aliphatic carbocycles. The molecule has 0 spiro atoms. The van der Waals surface area contributed by atoms with Crippen LogP contribution in [-0.2, 0) is 16.1 Å². The lowest BCUT2D eigenvalue weighted by atomic mass is 10.4. The second-order valence-corrected chi connectivity index (χ2v) is 3.73. The number of hydrogen-bond donors (Lipinski definition) is 0. The van der Waals surface area contributed by atoms with Gasteiger partial charge in [0.1, 0.15) is 0 Å². The lowest BCUT2D eigenvalue weighted by Gasteiger charge is -2.01. The zero-order valence-electron chi connectivity index (χ0n) is 8.29. The Balaban J connectivity index is 2.42.